The average Bonchev–Trinajstić information content (AvgIpc) is 2.24. The third-order valence-electron chi connectivity index (χ3n) is 3.12. The van der Waals surface area contributed by atoms with Crippen LogP contribution in [0.4, 0.5) is 0 Å². The molecule has 0 aliphatic heterocycles. The summed E-state index contributed by atoms with van der Waals surface area (Å²) in [6.07, 6.45) is 0. The summed E-state index contributed by atoms with van der Waals surface area (Å²) in [7, 11) is 0. The van der Waals surface area contributed by atoms with Crippen LogP contribution >= 0.6 is 0 Å². The second kappa shape index (κ2) is 4.58. The van der Waals surface area contributed by atoms with Crippen LogP contribution in [0.2, 0.25) is 0 Å². The van der Waals surface area contributed by atoms with Crippen molar-refractivity contribution < 1.29 is 4.79 Å². The SMILES string of the molecule is Cc1ccc(C(=O)C(C)CN)c(C)c1C. The van der Waals surface area contributed by atoms with Gasteiger partial charge in [-0.3, -0.25) is 4.79 Å². The summed E-state index contributed by atoms with van der Waals surface area (Å²) in [4.78, 5) is 12.0. The molecule has 15 heavy (non-hydrogen) atoms. The van der Waals surface area contributed by atoms with E-state index in [9.17, 15) is 4.79 Å². The Kier molecular flexibility index (Phi) is 3.64. The zero-order valence-corrected chi connectivity index (χ0v) is 9.92. The van der Waals surface area contributed by atoms with Gasteiger partial charge in [-0.15, -0.1) is 0 Å². The smallest absolute Gasteiger partial charge is 0.167 e. The van der Waals surface area contributed by atoms with Gasteiger partial charge < -0.3 is 5.73 Å². The zero-order chi connectivity index (χ0) is 11.6. The van der Waals surface area contributed by atoms with Gasteiger partial charge in [0.25, 0.3) is 0 Å². The van der Waals surface area contributed by atoms with Gasteiger partial charge in [0.05, 0.1) is 0 Å². The Labute approximate surface area is 91.5 Å². The van der Waals surface area contributed by atoms with Gasteiger partial charge in [0.15, 0.2) is 5.78 Å². The van der Waals surface area contributed by atoms with Crippen LogP contribution in [-0.2, 0) is 0 Å². The van der Waals surface area contributed by atoms with Gasteiger partial charge in [-0.25, -0.2) is 0 Å². The molecule has 0 saturated carbocycles. The van der Waals surface area contributed by atoms with Gasteiger partial charge in [-0.1, -0.05) is 19.1 Å². The number of aryl methyl sites for hydroxylation is 1. The number of rotatable bonds is 3. The number of carbonyl (C=O) groups excluding carboxylic acids is 1. The Morgan fingerprint density at radius 1 is 1.27 bits per heavy atom. The largest absolute Gasteiger partial charge is 0.330 e. The van der Waals surface area contributed by atoms with Crippen molar-refractivity contribution in [2.75, 3.05) is 6.54 Å². The topological polar surface area (TPSA) is 43.1 Å². The first kappa shape index (κ1) is 11.9. The van der Waals surface area contributed by atoms with E-state index < -0.39 is 0 Å². The lowest BCUT2D eigenvalue weighted by atomic mass is 9.91. The van der Waals surface area contributed by atoms with Crippen LogP contribution in [0.25, 0.3) is 0 Å². The summed E-state index contributed by atoms with van der Waals surface area (Å²) >= 11 is 0. The van der Waals surface area contributed by atoms with E-state index in [1.807, 2.05) is 26.0 Å². The molecule has 0 fully saturated rings. The first-order chi connectivity index (χ1) is 6.99. The fraction of sp³-hybridized carbons (Fsp3) is 0.462. The molecule has 1 rings (SSSR count). The average molecular weight is 205 g/mol. The summed E-state index contributed by atoms with van der Waals surface area (Å²) in [5, 5.41) is 0. The van der Waals surface area contributed by atoms with Crippen LogP contribution in [0.15, 0.2) is 12.1 Å². The number of nitrogens with two attached hydrogens (primary N) is 1. The summed E-state index contributed by atoms with van der Waals surface area (Å²) in [6, 6.07) is 3.91. The number of hydrogen-bond acceptors (Lipinski definition) is 2. The van der Waals surface area contributed by atoms with Gasteiger partial charge in [-0.2, -0.15) is 0 Å². The lowest BCUT2D eigenvalue weighted by Gasteiger charge is -2.13. The first-order valence-corrected chi connectivity index (χ1v) is 5.30. The van der Waals surface area contributed by atoms with E-state index in [2.05, 4.69) is 13.8 Å². The van der Waals surface area contributed by atoms with Crippen molar-refractivity contribution in [3.05, 3.63) is 34.4 Å². The third kappa shape index (κ3) is 2.26. The standard InChI is InChI=1S/C13H19NO/c1-8-5-6-12(11(4)10(8)3)13(15)9(2)7-14/h5-6,9H,7,14H2,1-4H3. The van der Waals surface area contributed by atoms with Crippen molar-refractivity contribution in [1.82, 2.24) is 0 Å². The molecule has 1 atom stereocenters. The minimum atomic E-state index is -0.0918. The fourth-order valence-corrected chi connectivity index (χ4v) is 1.60. The number of hydrogen-bond donors (Lipinski definition) is 1. The molecule has 2 nitrogen and oxygen atoms in total. The maximum Gasteiger partial charge on any atom is 0.167 e. The van der Waals surface area contributed by atoms with E-state index in [1.165, 1.54) is 11.1 Å². The molecule has 0 aromatic heterocycles. The third-order valence-corrected chi connectivity index (χ3v) is 3.12. The van der Waals surface area contributed by atoms with Crippen LogP contribution < -0.4 is 5.73 Å². The molecule has 1 aromatic carbocycles. The van der Waals surface area contributed by atoms with Crippen molar-refractivity contribution in [2.45, 2.75) is 27.7 Å². The monoisotopic (exact) mass is 205 g/mol. The molecule has 1 aromatic rings. The molecule has 0 aliphatic carbocycles. The van der Waals surface area contributed by atoms with Crippen molar-refractivity contribution in [2.24, 2.45) is 11.7 Å². The van der Waals surface area contributed by atoms with Crippen LogP contribution in [0.3, 0.4) is 0 Å². The zero-order valence-electron chi connectivity index (χ0n) is 9.92. The van der Waals surface area contributed by atoms with E-state index in [0.29, 0.717) is 6.54 Å². The highest BCUT2D eigenvalue weighted by molar-refractivity contribution is 5.99. The highest BCUT2D eigenvalue weighted by Gasteiger charge is 2.16. The summed E-state index contributed by atoms with van der Waals surface area (Å²) < 4.78 is 0. The summed E-state index contributed by atoms with van der Waals surface area (Å²) in [6.45, 7) is 8.39. The number of ketones is 1. The molecule has 0 radical (unpaired) electrons. The molecule has 2 N–H and O–H groups in total. The lowest BCUT2D eigenvalue weighted by Crippen LogP contribution is -2.21. The molecule has 0 saturated heterocycles. The molecule has 0 bridgehead atoms. The molecule has 2 heteroatoms. The van der Waals surface area contributed by atoms with E-state index >= 15 is 0 Å². The Morgan fingerprint density at radius 3 is 2.40 bits per heavy atom. The van der Waals surface area contributed by atoms with Gasteiger partial charge in [0, 0.05) is 18.0 Å². The van der Waals surface area contributed by atoms with Gasteiger partial charge in [0.2, 0.25) is 0 Å². The number of carbonyl (C=O) groups is 1. The van der Waals surface area contributed by atoms with Crippen molar-refractivity contribution in [1.29, 1.82) is 0 Å². The lowest BCUT2D eigenvalue weighted by molar-refractivity contribution is 0.0933. The highest BCUT2D eigenvalue weighted by atomic mass is 16.1. The maximum atomic E-state index is 12.0. The van der Waals surface area contributed by atoms with E-state index in [0.717, 1.165) is 11.1 Å². The van der Waals surface area contributed by atoms with Gasteiger partial charge in [0.1, 0.15) is 0 Å². The number of Topliss-reactive ketones (excluding diaryl/α,β-unsaturated/α-hetero) is 1. The van der Waals surface area contributed by atoms with Crippen molar-refractivity contribution >= 4 is 5.78 Å². The van der Waals surface area contributed by atoms with Crippen LogP contribution in [0, 0.1) is 26.7 Å². The Bertz CT molecular complexity index is 382. The fourth-order valence-electron chi connectivity index (χ4n) is 1.60. The second-order valence-corrected chi connectivity index (χ2v) is 4.18. The minimum Gasteiger partial charge on any atom is -0.330 e. The van der Waals surface area contributed by atoms with Crippen molar-refractivity contribution in [3.8, 4) is 0 Å². The molecule has 0 spiro atoms. The van der Waals surface area contributed by atoms with Gasteiger partial charge in [-0.05, 0) is 37.5 Å². The molecule has 1 unspecified atom stereocenters. The maximum absolute atomic E-state index is 12.0. The van der Waals surface area contributed by atoms with E-state index in [1.54, 1.807) is 0 Å². The first-order valence-electron chi connectivity index (χ1n) is 5.30. The molecule has 0 heterocycles. The highest BCUT2D eigenvalue weighted by Crippen LogP contribution is 2.19. The molecular formula is C13H19NO. The minimum absolute atomic E-state index is 0.0918. The molecule has 82 valence electrons. The Morgan fingerprint density at radius 2 is 1.87 bits per heavy atom. The predicted molar refractivity (Wildman–Crippen MR) is 63.2 cm³/mol. The number of benzene rings is 1. The summed E-state index contributed by atoms with van der Waals surface area (Å²) in [5.74, 6) is 0.0592. The van der Waals surface area contributed by atoms with Gasteiger partial charge >= 0.3 is 0 Å². The normalized spacial score (nSPS) is 12.6. The van der Waals surface area contributed by atoms with Crippen LogP contribution in [0.1, 0.15) is 34.0 Å². The Balaban J connectivity index is 3.16. The second-order valence-electron chi connectivity index (χ2n) is 4.18. The summed E-state index contributed by atoms with van der Waals surface area (Å²) in [5.41, 5.74) is 9.83. The predicted octanol–water partition coefficient (Wildman–Crippen LogP) is 2.39. The van der Waals surface area contributed by atoms with E-state index in [-0.39, 0.29) is 11.7 Å². The van der Waals surface area contributed by atoms with Crippen LogP contribution in [0.5, 0.6) is 0 Å². The molecule has 0 aliphatic rings. The Hall–Kier alpha value is -1.15. The molecular weight excluding hydrogens is 186 g/mol. The molecule has 0 amide bonds. The van der Waals surface area contributed by atoms with E-state index in [4.69, 9.17) is 5.73 Å². The van der Waals surface area contributed by atoms with Crippen molar-refractivity contribution in [3.63, 3.8) is 0 Å². The quantitative estimate of drug-likeness (QED) is 0.770. The van der Waals surface area contributed by atoms with Crippen LogP contribution in [-0.4, -0.2) is 12.3 Å².